The second-order valence-corrected chi connectivity index (χ2v) is 5.08. The van der Waals surface area contributed by atoms with Crippen LogP contribution in [-0.2, 0) is 0 Å². The van der Waals surface area contributed by atoms with E-state index in [1.54, 1.807) is 0 Å². The first-order chi connectivity index (χ1) is 6.33. The zero-order valence-corrected chi connectivity index (χ0v) is 9.25. The molecule has 1 atom stereocenters. The number of benzene rings is 1. The Hall–Kier alpha value is -0.120. The van der Waals surface area contributed by atoms with Crippen molar-refractivity contribution in [1.29, 1.82) is 0 Å². The van der Waals surface area contributed by atoms with Crippen molar-refractivity contribution in [1.82, 2.24) is 0 Å². The number of fused-ring (bicyclic) bond motifs is 1. The third kappa shape index (κ3) is 1.73. The van der Waals surface area contributed by atoms with Crippen LogP contribution < -0.4 is 5.73 Å². The van der Waals surface area contributed by atoms with Crippen molar-refractivity contribution in [2.45, 2.75) is 22.3 Å². The highest BCUT2D eigenvalue weighted by atomic mass is 32.2. The highest BCUT2D eigenvalue weighted by Crippen LogP contribution is 2.40. The van der Waals surface area contributed by atoms with E-state index in [1.165, 1.54) is 15.4 Å². The molecule has 3 heteroatoms. The number of hydrogen-bond acceptors (Lipinski definition) is 3. The van der Waals surface area contributed by atoms with Gasteiger partial charge in [0.15, 0.2) is 0 Å². The average Bonchev–Trinajstić information content (AvgIpc) is 2.18. The molecule has 0 saturated heterocycles. The first kappa shape index (κ1) is 9.44. The Balaban J connectivity index is 2.48. The van der Waals surface area contributed by atoms with Gasteiger partial charge in [0.25, 0.3) is 0 Å². The summed E-state index contributed by atoms with van der Waals surface area (Å²) < 4.78 is 0. The lowest BCUT2D eigenvalue weighted by Crippen LogP contribution is -2.16. The van der Waals surface area contributed by atoms with Crippen LogP contribution >= 0.6 is 23.5 Å². The molecule has 1 aliphatic rings. The van der Waals surface area contributed by atoms with Gasteiger partial charge in [0.2, 0.25) is 0 Å². The fourth-order valence-corrected chi connectivity index (χ4v) is 3.70. The average molecular weight is 211 g/mol. The van der Waals surface area contributed by atoms with Crippen molar-refractivity contribution in [2.75, 3.05) is 12.0 Å². The first-order valence-electron chi connectivity index (χ1n) is 4.38. The summed E-state index contributed by atoms with van der Waals surface area (Å²) in [5, 5.41) is 0. The summed E-state index contributed by atoms with van der Waals surface area (Å²) in [4.78, 5) is 2.78. The fourth-order valence-electron chi connectivity index (χ4n) is 1.58. The topological polar surface area (TPSA) is 26.0 Å². The van der Waals surface area contributed by atoms with E-state index in [9.17, 15) is 0 Å². The molecule has 2 rings (SSSR count). The molecule has 0 saturated carbocycles. The minimum atomic E-state index is 0.253. The Labute approximate surface area is 87.5 Å². The largest absolute Gasteiger partial charge is 0.324 e. The van der Waals surface area contributed by atoms with Crippen LogP contribution in [0.5, 0.6) is 0 Å². The molecule has 0 fully saturated rings. The third-order valence-electron chi connectivity index (χ3n) is 2.30. The molecule has 0 bridgehead atoms. The molecule has 0 radical (unpaired) electrons. The molecule has 0 amide bonds. The summed E-state index contributed by atoms with van der Waals surface area (Å²) in [6, 6.07) is 6.69. The van der Waals surface area contributed by atoms with Crippen LogP contribution in [0.1, 0.15) is 18.0 Å². The van der Waals surface area contributed by atoms with Crippen LogP contribution in [0.4, 0.5) is 0 Å². The highest BCUT2D eigenvalue weighted by molar-refractivity contribution is 8.02. The standard InChI is InChI=1S/C10H13NS2/c1-12-9-4-2-3-7-8(11)5-6-13-10(7)9/h2-4,8H,5-6,11H2,1H3. The van der Waals surface area contributed by atoms with E-state index in [4.69, 9.17) is 5.73 Å². The summed E-state index contributed by atoms with van der Waals surface area (Å²) in [5.74, 6) is 1.16. The maximum atomic E-state index is 6.05. The zero-order valence-electron chi connectivity index (χ0n) is 7.62. The van der Waals surface area contributed by atoms with Gasteiger partial charge in [-0.05, 0) is 30.1 Å². The summed E-state index contributed by atoms with van der Waals surface area (Å²) in [5.41, 5.74) is 7.38. The van der Waals surface area contributed by atoms with Crippen LogP contribution in [0.25, 0.3) is 0 Å². The summed E-state index contributed by atoms with van der Waals surface area (Å²) in [6.07, 6.45) is 3.23. The van der Waals surface area contributed by atoms with Gasteiger partial charge in [0.1, 0.15) is 0 Å². The first-order valence-corrected chi connectivity index (χ1v) is 6.59. The number of nitrogens with two attached hydrogens (primary N) is 1. The number of rotatable bonds is 1. The molecular weight excluding hydrogens is 198 g/mol. The minimum absolute atomic E-state index is 0.253. The van der Waals surface area contributed by atoms with E-state index in [1.807, 2.05) is 23.5 Å². The molecule has 70 valence electrons. The van der Waals surface area contributed by atoms with Gasteiger partial charge in [-0.15, -0.1) is 23.5 Å². The predicted molar refractivity (Wildman–Crippen MR) is 60.5 cm³/mol. The van der Waals surface area contributed by atoms with Gasteiger partial charge in [-0.2, -0.15) is 0 Å². The normalized spacial score (nSPS) is 21.2. The van der Waals surface area contributed by atoms with E-state index in [0.717, 1.165) is 12.2 Å². The van der Waals surface area contributed by atoms with Crippen molar-refractivity contribution < 1.29 is 0 Å². The maximum Gasteiger partial charge on any atom is 0.0314 e. The molecule has 1 aromatic carbocycles. The Morgan fingerprint density at radius 1 is 1.54 bits per heavy atom. The molecule has 1 unspecified atom stereocenters. The van der Waals surface area contributed by atoms with Crippen molar-refractivity contribution in [3.63, 3.8) is 0 Å². The van der Waals surface area contributed by atoms with Crippen LogP contribution in [-0.4, -0.2) is 12.0 Å². The van der Waals surface area contributed by atoms with Crippen molar-refractivity contribution in [2.24, 2.45) is 5.73 Å². The van der Waals surface area contributed by atoms with Gasteiger partial charge < -0.3 is 5.73 Å². The Morgan fingerprint density at radius 2 is 2.38 bits per heavy atom. The lowest BCUT2D eigenvalue weighted by molar-refractivity contribution is 0.674. The molecule has 1 heterocycles. The molecular formula is C10H13NS2. The Morgan fingerprint density at radius 3 is 3.15 bits per heavy atom. The fraction of sp³-hybridized carbons (Fsp3) is 0.400. The Bertz CT molecular complexity index is 312. The van der Waals surface area contributed by atoms with Gasteiger partial charge in [0, 0.05) is 15.8 Å². The lowest BCUT2D eigenvalue weighted by Gasteiger charge is -2.23. The summed E-state index contributed by atoms with van der Waals surface area (Å²) in [6.45, 7) is 0. The summed E-state index contributed by atoms with van der Waals surface area (Å²) >= 11 is 3.75. The molecule has 2 N–H and O–H groups in total. The van der Waals surface area contributed by atoms with E-state index in [0.29, 0.717) is 0 Å². The SMILES string of the molecule is CSc1cccc2c1SCCC2N. The minimum Gasteiger partial charge on any atom is -0.324 e. The van der Waals surface area contributed by atoms with Crippen LogP contribution in [0.2, 0.25) is 0 Å². The molecule has 0 aromatic heterocycles. The summed E-state index contributed by atoms with van der Waals surface area (Å²) in [7, 11) is 0. The molecule has 1 nitrogen and oxygen atoms in total. The van der Waals surface area contributed by atoms with Gasteiger partial charge in [-0.25, -0.2) is 0 Å². The molecule has 0 aliphatic carbocycles. The smallest absolute Gasteiger partial charge is 0.0314 e. The quantitative estimate of drug-likeness (QED) is 0.723. The Kier molecular flexibility index (Phi) is 2.86. The zero-order chi connectivity index (χ0) is 9.26. The van der Waals surface area contributed by atoms with Crippen molar-refractivity contribution in [3.8, 4) is 0 Å². The van der Waals surface area contributed by atoms with Gasteiger partial charge in [0.05, 0.1) is 0 Å². The van der Waals surface area contributed by atoms with E-state index in [2.05, 4.69) is 24.5 Å². The predicted octanol–water partition coefficient (Wildman–Crippen LogP) is 2.90. The van der Waals surface area contributed by atoms with Crippen LogP contribution in [0.15, 0.2) is 28.0 Å². The maximum absolute atomic E-state index is 6.05. The molecule has 1 aliphatic heterocycles. The van der Waals surface area contributed by atoms with Crippen LogP contribution in [0.3, 0.4) is 0 Å². The number of thioether (sulfide) groups is 2. The molecule has 13 heavy (non-hydrogen) atoms. The lowest BCUT2D eigenvalue weighted by atomic mass is 10.1. The van der Waals surface area contributed by atoms with Crippen LogP contribution in [0, 0.1) is 0 Å². The van der Waals surface area contributed by atoms with E-state index < -0.39 is 0 Å². The monoisotopic (exact) mass is 211 g/mol. The van der Waals surface area contributed by atoms with Crippen molar-refractivity contribution in [3.05, 3.63) is 23.8 Å². The van der Waals surface area contributed by atoms with E-state index >= 15 is 0 Å². The molecule has 1 aromatic rings. The second-order valence-electron chi connectivity index (χ2n) is 3.12. The second kappa shape index (κ2) is 3.95. The van der Waals surface area contributed by atoms with Gasteiger partial charge in [-0.1, -0.05) is 12.1 Å². The highest BCUT2D eigenvalue weighted by Gasteiger charge is 2.18. The number of hydrogen-bond donors (Lipinski definition) is 1. The third-order valence-corrected chi connectivity index (χ3v) is 4.40. The van der Waals surface area contributed by atoms with Gasteiger partial charge >= 0.3 is 0 Å². The van der Waals surface area contributed by atoms with Crippen molar-refractivity contribution >= 4 is 23.5 Å². The van der Waals surface area contributed by atoms with Gasteiger partial charge in [-0.3, -0.25) is 0 Å². The molecule has 0 spiro atoms. The van der Waals surface area contributed by atoms with E-state index in [-0.39, 0.29) is 6.04 Å².